The van der Waals surface area contributed by atoms with E-state index in [2.05, 4.69) is 15.7 Å². The third-order valence-electron chi connectivity index (χ3n) is 5.02. The highest BCUT2D eigenvalue weighted by molar-refractivity contribution is 6.31. The number of anilines is 2. The van der Waals surface area contributed by atoms with Crippen LogP contribution in [0, 0.1) is 13.8 Å². The normalized spacial score (nSPS) is 20.4. The summed E-state index contributed by atoms with van der Waals surface area (Å²) in [7, 11) is 0. The number of rotatable bonds is 4. The van der Waals surface area contributed by atoms with Gasteiger partial charge in [0, 0.05) is 10.7 Å². The molecular weight excluding hydrogens is 394 g/mol. The lowest BCUT2D eigenvalue weighted by Crippen LogP contribution is -2.43. The second-order valence-corrected chi connectivity index (χ2v) is 7.47. The molecule has 0 unspecified atom stereocenters. The average Bonchev–Trinajstić information content (AvgIpc) is 3.18. The van der Waals surface area contributed by atoms with Crippen LogP contribution in [0.2, 0.25) is 5.02 Å². The Hall–Kier alpha value is -3.26. The summed E-state index contributed by atoms with van der Waals surface area (Å²) in [5.41, 5.74) is 3.06. The van der Waals surface area contributed by atoms with Crippen molar-refractivity contribution in [3.8, 4) is 0 Å². The van der Waals surface area contributed by atoms with Gasteiger partial charge in [-0.05, 0) is 55.3 Å². The lowest BCUT2D eigenvalue weighted by atomic mass is 10.1. The Bertz CT molecular complexity index is 1050. The van der Waals surface area contributed by atoms with E-state index in [-0.39, 0.29) is 6.54 Å². The van der Waals surface area contributed by atoms with Crippen LogP contribution in [0.4, 0.5) is 11.4 Å². The summed E-state index contributed by atoms with van der Waals surface area (Å²) in [6.07, 6.45) is 0. The van der Waals surface area contributed by atoms with Crippen LogP contribution in [0.15, 0.2) is 52.8 Å². The van der Waals surface area contributed by atoms with E-state index in [4.69, 9.17) is 11.6 Å². The van der Waals surface area contributed by atoms with Gasteiger partial charge in [-0.2, -0.15) is 5.11 Å². The fourth-order valence-electron chi connectivity index (χ4n) is 3.39. The molecule has 29 heavy (non-hydrogen) atoms. The highest BCUT2D eigenvalue weighted by Crippen LogP contribution is 2.32. The molecule has 1 N–H and O–H groups in total. The average molecular weight is 412 g/mol. The van der Waals surface area contributed by atoms with E-state index in [9.17, 15) is 14.4 Å². The molecule has 0 aliphatic carbocycles. The van der Waals surface area contributed by atoms with Crippen molar-refractivity contribution in [3.63, 3.8) is 0 Å². The van der Waals surface area contributed by atoms with Crippen LogP contribution in [0.5, 0.6) is 0 Å². The van der Waals surface area contributed by atoms with Crippen LogP contribution in [-0.2, 0) is 14.4 Å². The zero-order valence-corrected chi connectivity index (χ0v) is 16.6. The van der Waals surface area contributed by atoms with Gasteiger partial charge in [-0.15, -0.1) is 0 Å². The lowest BCUT2D eigenvalue weighted by molar-refractivity contribution is -0.123. The molecule has 8 nitrogen and oxygen atoms in total. The van der Waals surface area contributed by atoms with Crippen molar-refractivity contribution >= 4 is 40.7 Å². The highest BCUT2D eigenvalue weighted by atomic mass is 35.5. The van der Waals surface area contributed by atoms with Gasteiger partial charge in [0.1, 0.15) is 6.54 Å². The number of fused-ring (bicyclic) bond motifs is 1. The molecule has 2 heterocycles. The fourth-order valence-corrected chi connectivity index (χ4v) is 3.58. The van der Waals surface area contributed by atoms with Gasteiger partial charge in [-0.3, -0.25) is 19.4 Å². The largest absolute Gasteiger partial charge is 0.324 e. The van der Waals surface area contributed by atoms with E-state index in [1.807, 2.05) is 19.9 Å². The molecule has 2 aliphatic rings. The maximum atomic E-state index is 13.0. The molecule has 1 fully saturated rings. The Morgan fingerprint density at radius 3 is 2.62 bits per heavy atom. The van der Waals surface area contributed by atoms with E-state index in [1.165, 1.54) is 5.01 Å². The number of imide groups is 1. The lowest BCUT2D eigenvalue weighted by Gasteiger charge is -2.20. The molecule has 4 rings (SSSR count). The first-order chi connectivity index (χ1) is 13.8. The molecule has 2 aromatic carbocycles. The number of carbonyl (C=O) groups excluding carboxylic acids is 3. The Morgan fingerprint density at radius 2 is 1.90 bits per heavy atom. The third-order valence-corrected chi connectivity index (χ3v) is 5.26. The fraction of sp³-hybridized carbons (Fsp3) is 0.250. The van der Waals surface area contributed by atoms with Crippen LogP contribution in [0.25, 0.3) is 0 Å². The summed E-state index contributed by atoms with van der Waals surface area (Å²) in [5.74, 6) is -1.27. The molecule has 3 amide bonds. The SMILES string of the molecule is Cc1ccc(N2C(=O)[C@@H]3N=NN(CC(=O)Nc4cccc(Cl)c4)[C@H]3C2=O)cc1C. The molecule has 2 atom stereocenters. The Labute approximate surface area is 172 Å². The number of benzene rings is 2. The Balaban J connectivity index is 1.50. The molecule has 9 heteroatoms. The van der Waals surface area contributed by atoms with Crippen molar-refractivity contribution in [2.24, 2.45) is 10.3 Å². The van der Waals surface area contributed by atoms with Crippen molar-refractivity contribution in [3.05, 3.63) is 58.6 Å². The van der Waals surface area contributed by atoms with Crippen molar-refractivity contribution in [1.82, 2.24) is 5.01 Å². The van der Waals surface area contributed by atoms with Crippen LogP contribution in [0.3, 0.4) is 0 Å². The van der Waals surface area contributed by atoms with Crippen molar-refractivity contribution in [2.75, 3.05) is 16.8 Å². The third kappa shape index (κ3) is 3.47. The van der Waals surface area contributed by atoms with E-state index >= 15 is 0 Å². The van der Waals surface area contributed by atoms with Gasteiger partial charge >= 0.3 is 0 Å². The minimum atomic E-state index is -0.942. The summed E-state index contributed by atoms with van der Waals surface area (Å²) in [6.45, 7) is 3.66. The van der Waals surface area contributed by atoms with E-state index in [0.29, 0.717) is 16.4 Å². The second-order valence-electron chi connectivity index (χ2n) is 7.03. The smallest absolute Gasteiger partial charge is 0.263 e. The first-order valence-corrected chi connectivity index (χ1v) is 9.41. The predicted molar refractivity (Wildman–Crippen MR) is 108 cm³/mol. The number of nitrogens with zero attached hydrogens (tertiary/aromatic N) is 4. The van der Waals surface area contributed by atoms with Gasteiger partial charge in [0.25, 0.3) is 11.8 Å². The maximum Gasteiger partial charge on any atom is 0.263 e. The van der Waals surface area contributed by atoms with Gasteiger partial charge in [-0.25, -0.2) is 4.90 Å². The molecule has 0 bridgehead atoms. The van der Waals surface area contributed by atoms with Gasteiger partial charge in [0.15, 0.2) is 12.1 Å². The molecule has 2 aliphatic heterocycles. The van der Waals surface area contributed by atoms with E-state index in [0.717, 1.165) is 16.0 Å². The van der Waals surface area contributed by atoms with Gasteiger partial charge in [0.05, 0.1) is 5.69 Å². The molecule has 2 aromatic rings. The quantitative estimate of drug-likeness (QED) is 0.782. The molecular formula is C20H18ClN5O3. The minimum Gasteiger partial charge on any atom is -0.324 e. The topological polar surface area (TPSA) is 94.4 Å². The van der Waals surface area contributed by atoms with Crippen LogP contribution in [-0.4, -0.2) is 41.4 Å². The number of carbonyl (C=O) groups is 3. The standard InChI is InChI=1S/C20H18ClN5O3/c1-11-6-7-15(8-12(11)2)26-19(28)17-18(20(26)29)25(24-23-17)10-16(27)22-14-5-3-4-13(21)9-14/h3-9,17-18H,10H2,1-2H3,(H,22,27)/t17-,18-/m1/s1. The minimum absolute atomic E-state index is 0.211. The number of amides is 3. The monoisotopic (exact) mass is 411 g/mol. The van der Waals surface area contributed by atoms with Gasteiger partial charge in [-0.1, -0.05) is 29.0 Å². The van der Waals surface area contributed by atoms with Gasteiger partial charge in [0.2, 0.25) is 5.91 Å². The van der Waals surface area contributed by atoms with Crippen LogP contribution in [0.1, 0.15) is 11.1 Å². The molecule has 0 aromatic heterocycles. The van der Waals surface area contributed by atoms with E-state index in [1.54, 1.807) is 36.4 Å². The number of hydrogen-bond donors (Lipinski definition) is 1. The molecule has 0 radical (unpaired) electrons. The summed E-state index contributed by atoms with van der Waals surface area (Å²) in [5, 5.41) is 12.3. The van der Waals surface area contributed by atoms with E-state index < -0.39 is 29.8 Å². The molecule has 0 saturated carbocycles. The molecule has 0 spiro atoms. The predicted octanol–water partition coefficient (Wildman–Crippen LogP) is 2.89. The number of nitrogens with one attached hydrogen (secondary N) is 1. The second kappa shape index (κ2) is 7.29. The van der Waals surface area contributed by atoms with Crippen molar-refractivity contribution < 1.29 is 14.4 Å². The Morgan fingerprint density at radius 1 is 1.10 bits per heavy atom. The van der Waals surface area contributed by atoms with Crippen LogP contribution < -0.4 is 10.2 Å². The maximum absolute atomic E-state index is 13.0. The first kappa shape index (κ1) is 19.1. The summed E-state index contributed by atoms with van der Waals surface area (Å²) >= 11 is 5.92. The van der Waals surface area contributed by atoms with Crippen molar-refractivity contribution in [1.29, 1.82) is 0 Å². The summed E-state index contributed by atoms with van der Waals surface area (Å²) < 4.78 is 0. The highest BCUT2D eigenvalue weighted by Gasteiger charge is 2.55. The van der Waals surface area contributed by atoms with Gasteiger partial charge < -0.3 is 5.32 Å². The molecule has 148 valence electrons. The van der Waals surface area contributed by atoms with Crippen molar-refractivity contribution in [2.45, 2.75) is 25.9 Å². The first-order valence-electron chi connectivity index (χ1n) is 9.03. The number of hydrogen-bond acceptors (Lipinski definition) is 6. The summed E-state index contributed by atoms with van der Waals surface area (Å²) in [6, 6.07) is 10.2. The number of halogens is 1. The Kier molecular flexibility index (Phi) is 4.79. The number of aryl methyl sites for hydroxylation is 2. The zero-order chi connectivity index (χ0) is 20.7. The van der Waals surface area contributed by atoms with Crippen LogP contribution >= 0.6 is 11.6 Å². The zero-order valence-electron chi connectivity index (χ0n) is 15.8. The summed E-state index contributed by atoms with van der Waals surface area (Å²) in [4.78, 5) is 39.3. The molecule has 1 saturated heterocycles.